The molecular formula is C21H24O3. The van der Waals surface area contributed by atoms with Gasteiger partial charge >= 0.3 is 5.97 Å². The molecule has 0 radical (unpaired) electrons. The molecule has 0 saturated carbocycles. The Morgan fingerprint density at radius 1 is 0.958 bits per heavy atom. The second-order valence-electron chi connectivity index (χ2n) is 6.23. The number of ketones is 1. The summed E-state index contributed by atoms with van der Waals surface area (Å²) >= 11 is 0. The Hall–Kier alpha value is -2.42. The monoisotopic (exact) mass is 324 g/mol. The van der Waals surface area contributed by atoms with Gasteiger partial charge in [-0.05, 0) is 61.1 Å². The van der Waals surface area contributed by atoms with E-state index in [0.29, 0.717) is 17.0 Å². The van der Waals surface area contributed by atoms with E-state index in [2.05, 4.69) is 13.8 Å². The highest BCUT2D eigenvalue weighted by molar-refractivity contribution is 5.99. The van der Waals surface area contributed by atoms with Crippen molar-refractivity contribution in [2.75, 3.05) is 6.61 Å². The molecule has 0 aliphatic carbocycles. The zero-order chi connectivity index (χ0) is 17.7. The fourth-order valence-corrected chi connectivity index (χ4v) is 2.40. The number of carbonyl (C=O) groups is 2. The van der Waals surface area contributed by atoms with Crippen LogP contribution in [0.1, 0.15) is 63.6 Å². The molecule has 0 bridgehead atoms. The largest absolute Gasteiger partial charge is 0.454 e. The summed E-state index contributed by atoms with van der Waals surface area (Å²) in [6, 6.07) is 12.9. The van der Waals surface area contributed by atoms with Crippen molar-refractivity contribution in [3.63, 3.8) is 0 Å². The molecule has 0 N–H and O–H groups in total. The fourth-order valence-electron chi connectivity index (χ4n) is 2.40. The molecule has 0 fully saturated rings. The Morgan fingerprint density at radius 2 is 1.58 bits per heavy atom. The van der Waals surface area contributed by atoms with E-state index in [1.54, 1.807) is 18.2 Å². The van der Waals surface area contributed by atoms with Crippen LogP contribution in [0, 0.1) is 13.8 Å². The predicted molar refractivity (Wildman–Crippen MR) is 95.7 cm³/mol. The molecule has 0 aromatic heterocycles. The van der Waals surface area contributed by atoms with Crippen LogP contribution in [0.25, 0.3) is 0 Å². The molecule has 0 spiro atoms. The molecule has 0 aliphatic heterocycles. The maximum absolute atomic E-state index is 12.1. The van der Waals surface area contributed by atoms with Crippen LogP contribution in [0.15, 0.2) is 42.5 Å². The van der Waals surface area contributed by atoms with E-state index in [1.165, 1.54) is 5.56 Å². The second-order valence-corrected chi connectivity index (χ2v) is 6.23. The molecule has 126 valence electrons. The van der Waals surface area contributed by atoms with Crippen LogP contribution in [0.5, 0.6) is 0 Å². The lowest BCUT2D eigenvalue weighted by Crippen LogP contribution is -2.14. The van der Waals surface area contributed by atoms with Crippen molar-refractivity contribution in [3.8, 4) is 0 Å². The van der Waals surface area contributed by atoms with E-state index in [4.69, 9.17) is 4.74 Å². The number of hydrogen-bond donors (Lipinski definition) is 0. The highest BCUT2D eigenvalue weighted by Crippen LogP contribution is 2.19. The smallest absolute Gasteiger partial charge is 0.338 e. The van der Waals surface area contributed by atoms with Crippen molar-refractivity contribution in [3.05, 3.63) is 70.3 Å². The maximum atomic E-state index is 12.1. The number of rotatable bonds is 6. The van der Waals surface area contributed by atoms with Gasteiger partial charge in [-0.3, -0.25) is 4.79 Å². The van der Waals surface area contributed by atoms with Crippen molar-refractivity contribution in [2.24, 2.45) is 0 Å². The summed E-state index contributed by atoms with van der Waals surface area (Å²) in [6.07, 6.45) is 1.05. The number of Topliss-reactive ketones (excluding diaryl/α,β-unsaturated/α-hetero) is 1. The van der Waals surface area contributed by atoms with Gasteiger partial charge in [-0.2, -0.15) is 0 Å². The van der Waals surface area contributed by atoms with Gasteiger partial charge in [0, 0.05) is 5.56 Å². The van der Waals surface area contributed by atoms with Crippen LogP contribution in [0.4, 0.5) is 0 Å². The van der Waals surface area contributed by atoms with Gasteiger partial charge < -0.3 is 4.74 Å². The summed E-state index contributed by atoms with van der Waals surface area (Å²) in [5.41, 5.74) is 4.41. The Morgan fingerprint density at radius 3 is 2.17 bits per heavy atom. The number of benzene rings is 2. The molecule has 0 aliphatic rings. The molecule has 2 aromatic rings. The minimum absolute atomic E-state index is 0.192. The topological polar surface area (TPSA) is 43.4 Å². The van der Waals surface area contributed by atoms with Crippen LogP contribution >= 0.6 is 0 Å². The molecular weight excluding hydrogens is 300 g/mol. The van der Waals surface area contributed by atoms with Gasteiger partial charge in [-0.25, -0.2) is 4.79 Å². The highest BCUT2D eigenvalue weighted by Gasteiger charge is 2.13. The normalized spacial score (nSPS) is 11.8. The third kappa shape index (κ3) is 4.31. The summed E-state index contributed by atoms with van der Waals surface area (Å²) in [6.45, 7) is 7.99. The zero-order valence-electron chi connectivity index (χ0n) is 14.8. The van der Waals surface area contributed by atoms with E-state index in [-0.39, 0.29) is 12.4 Å². The Balaban J connectivity index is 1.97. The number of aryl methyl sites for hydroxylation is 2. The summed E-state index contributed by atoms with van der Waals surface area (Å²) in [7, 11) is 0. The van der Waals surface area contributed by atoms with Crippen LogP contribution in [-0.2, 0) is 4.74 Å². The third-order valence-corrected chi connectivity index (χ3v) is 4.49. The lowest BCUT2D eigenvalue weighted by molar-refractivity contribution is 0.0474. The van der Waals surface area contributed by atoms with Crippen LogP contribution < -0.4 is 0 Å². The molecule has 0 heterocycles. The molecule has 0 saturated heterocycles. The molecule has 1 unspecified atom stereocenters. The lowest BCUT2D eigenvalue weighted by atomic mass is 9.98. The van der Waals surface area contributed by atoms with Crippen LogP contribution in [0.2, 0.25) is 0 Å². The van der Waals surface area contributed by atoms with E-state index in [9.17, 15) is 9.59 Å². The minimum Gasteiger partial charge on any atom is -0.454 e. The van der Waals surface area contributed by atoms with Crippen molar-refractivity contribution in [2.45, 2.75) is 40.0 Å². The number of hydrogen-bond acceptors (Lipinski definition) is 3. The number of esters is 1. The summed E-state index contributed by atoms with van der Waals surface area (Å²) in [5.74, 6) is -0.202. The molecule has 2 aromatic carbocycles. The van der Waals surface area contributed by atoms with Crippen molar-refractivity contribution < 1.29 is 14.3 Å². The van der Waals surface area contributed by atoms with E-state index >= 15 is 0 Å². The van der Waals surface area contributed by atoms with Crippen LogP contribution in [0.3, 0.4) is 0 Å². The maximum Gasteiger partial charge on any atom is 0.338 e. The quantitative estimate of drug-likeness (QED) is 0.563. The first kappa shape index (κ1) is 17.9. The summed E-state index contributed by atoms with van der Waals surface area (Å²) < 4.78 is 5.15. The second kappa shape index (κ2) is 7.91. The Bertz CT molecular complexity index is 729. The van der Waals surface area contributed by atoms with Gasteiger partial charge in [-0.1, -0.05) is 38.1 Å². The van der Waals surface area contributed by atoms with Gasteiger partial charge in [0.1, 0.15) is 0 Å². The average Bonchev–Trinajstić information content (AvgIpc) is 2.61. The van der Waals surface area contributed by atoms with Gasteiger partial charge in [0.25, 0.3) is 0 Å². The minimum atomic E-state index is -0.470. The standard InChI is InChI=1S/C21H24O3/c1-5-14(2)17-8-10-18(11-9-17)21(23)24-13-20(22)19-7-6-15(3)16(4)12-19/h6-12,14H,5,13H2,1-4H3. The van der Waals surface area contributed by atoms with Crippen LogP contribution in [-0.4, -0.2) is 18.4 Å². The first-order chi connectivity index (χ1) is 11.4. The van der Waals surface area contributed by atoms with E-state index in [0.717, 1.165) is 17.5 Å². The van der Waals surface area contributed by atoms with E-state index in [1.807, 2.05) is 38.1 Å². The van der Waals surface area contributed by atoms with Gasteiger partial charge in [-0.15, -0.1) is 0 Å². The van der Waals surface area contributed by atoms with Crippen molar-refractivity contribution >= 4 is 11.8 Å². The first-order valence-corrected chi connectivity index (χ1v) is 8.30. The number of ether oxygens (including phenoxy) is 1. The van der Waals surface area contributed by atoms with Gasteiger partial charge in [0.15, 0.2) is 12.4 Å². The Labute approximate surface area is 143 Å². The van der Waals surface area contributed by atoms with Gasteiger partial charge in [0.05, 0.1) is 5.56 Å². The average molecular weight is 324 g/mol. The van der Waals surface area contributed by atoms with Crippen molar-refractivity contribution in [1.29, 1.82) is 0 Å². The fraction of sp³-hybridized carbons (Fsp3) is 0.333. The number of carbonyl (C=O) groups excluding carboxylic acids is 2. The van der Waals surface area contributed by atoms with Gasteiger partial charge in [0.2, 0.25) is 0 Å². The predicted octanol–water partition coefficient (Wildman–Crippen LogP) is 4.86. The zero-order valence-corrected chi connectivity index (χ0v) is 14.8. The molecule has 2 rings (SSSR count). The van der Waals surface area contributed by atoms with E-state index < -0.39 is 5.97 Å². The molecule has 24 heavy (non-hydrogen) atoms. The molecule has 0 amide bonds. The summed E-state index contributed by atoms with van der Waals surface area (Å²) in [5, 5.41) is 0. The first-order valence-electron chi connectivity index (χ1n) is 8.30. The molecule has 3 heteroatoms. The SMILES string of the molecule is CCC(C)c1ccc(C(=O)OCC(=O)c2ccc(C)c(C)c2)cc1. The lowest BCUT2D eigenvalue weighted by Gasteiger charge is -2.10. The molecule has 1 atom stereocenters. The summed E-state index contributed by atoms with van der Waals surface area (Å²) in [4.78, 5) is 24.2. The van der Waals surface area contributed by atoms with Crippen molar-refractivity contribution in [1.82, 2.24) is 0 Å². The highest BCUT2D eigenvalue weighted by atomic mass is 16.5. The Kier molecular flexibility index (Phi) is 5.91. The third-order valence-electron chi connectivity index (χ3n) is 4.49. The molecule has 3 nitrogen and oxygen atoms in total.